The third kappa shape index (κ3) is 4.37. The number of esters is 1. The van der Waals surface area contributed by atoms with Crippen LogP contribution in [0.1, 0.15) is 15.9 Å². The molecule has 3 N–H and O–H groups in total. The Balaban J connectivity index is 1.55. The summed E-state index contributed by atoms with van der Waals surface area (Å²) in [5.41, 5.74) is 0.630. The number of halogens is 1. The normalized spacial score (nSPS) is 10.6. The van der Waals surface area contributed by atoms with Gasteiger partial charge in [-0.1, -0.05) is 36.4 Å². The summed E-state index contributed by atoms with van der Waals surface area (Å²) in [5.74, 6) is -2.27. The molecule has 0 aliphatic rings. The highest BCUT2D eigenvalue weighted by Crippen LogP contribution is 2.35. The van der Waals surface area contributed by atoms with Gasteiger partial charge >= 0.3 is 5.97 Å². The Labute approximate surface area is 160 Å². The van der Waals surface area contributed by atoms with Gasteiger partial charge in [0.05, 0.1) is 0 Å². The van der Waals surface area contributed by atoms with Crippen LogP contribution < -0.4 is 5.32 Å². The van der Waals surface area contributed by atoms with Crippen molar-refractivity contribution < 1.29 is 28.9 Å². The van der Waals surface area contributed by atoms with Gasteiger partial charge in [0.15, 0.2) is 6.61 Å². The fraction of sp³-hybridized carbons (Fsp3) is 0.143. The van der Waals surface area contributed by atoms with Gasteiger partial charge in [-0.2, -0.15) is 0 Å². The highest BCUT2D eigenvalue weighted by Gasteiger charge is 2.19. The van der Waals surface area contributed by atoms with Crippen molar-refractivity contribution in [3.8, 4) is 11.5 Å². The van der Waals surface area contributed by atoms with Gasteiger partial charge in [-0.05, 0) is 30.2 Å². The van der Waals surface area contributed by atoms with Gasteiger partial charge in [-0.15, -0.1) is 0 Å². The van der Waals surface area contributed by atoms with Crippen molar-refractivity contribution in [2.24, 2.45) is 0 Å². The van der Waals surface area contributed by atoms with Crippen molar-refractivity contribution in [3.63, 3.8) is 0 Å². The van der Waals surface area contributed by atoms with Crippen LogP contribution in [-0.4, -0.2) is 35.2 Å². The molecule has 3 aromatic rings. The van der Waals surface area contributed by atoms with Crippen LogP contribution in [0.15, 0.2) is 54.6 Å². The predicted molar refractivity (Wildman–Crippen MR) is 101 cm³/mol. The van der Waals surface area contributed by atoms with E-state index in [1.54, 1.807) is 36.4 Å². The van der Waals surface area contributed by atoms with Crippen LogP contribution in [0.5, 0.6) is 11.5 Å². The first-order valence-electron chi connectivity index (χ1n) is 8.57. The number of aromatic hydroxyl groups is 2. The van der Waals surface area contributed by atoms with Crippen molar-refractivity contribution in [3.05, 3.63) is 71.5 Å². The Morgan fingerprint density at radius 3 is 2.39 bits per heavy atom. The lowest BCUT2D eigenvalue weighted by Gasteiger charge is -2.10. The predicted octanol–water partition coefficient (Wildman–Crippen LogP) is 2.91. The molecule has 0 heterocycles. The molecule has 0 unspecified atom stereocenters. The molecule has 144 valence electrons. The van der Waals surface area contributed by atoms with Crippen LogP contribution in [0.2, 0.25) is 0 Å². The molecule has 3 aromatic carbocycles. The third-order valence-corrected chi connectivity index (χ3v) is 4.20. The van der Waals surface area contributed by atoms with Gasteiger partial charge in [0.2, 0.25) is 0 Å². The fourth-order valence-electron chi connectivity index (χ4n) is 2.75. The zero-order valence-electron chi connectivity index (χ0n) is 14.8. The van der Waals surface area contributed by atoms with E-state index in [-0.39, 0.29) is 22.9 Å². The van der Waals surface area contributed by atoms with E-state index in [9.17, 15) is 24.2 Å². The molecule has 0 aromatic heterocycles. The molecule has 0 aliphatic carbocycles. The minimum absolute atomic E-state index is 0.177. The lowest BCUT2D eigenvalue weighted by molar-refractivity contribution is -0.124. The minimum Gasteiger partial charge on any atom is -0.507 e. The number of hydrogen-bond donors (Lipinski definition) is 3. The van der Waals surface area contributed by atoms with E-state index < -0.39 is 18.5 Å². The van der Waals surface area contributed by atoms with Gasteiger partial charge in [0.25, 0.3) is 5.91 Å². The van der Waals surface area contributed by atoms with Gasteiger partial charge in [-0.3, -0.25) is 4.79 Å². The number of hydrogen-bond acceptors (Lipinski definition) is 5. The van der Waals surface area contributed by atoms with Crippen molar-refractivity contribution in [1.29, 1.82) is 0 Å². The van der Waals surface area contributed by atoms with Crippen molar-refractivity contribution in [2.45, 2.75) is 6.42 Å². The largest absolute Gasteiger partial charge is 0.507 e. The van der Waals surface area contributed by atoms with Crippen LogP contribution in [0.25, 0.3) is 10.8 Å². The van der Waals surface area contributed by atoms with Gasteiger partial charge in [0, 0.05) is 17.3 Å². The van der Waals surface area contributed by atoms with E-state index in [0.717, 1.165) is 11.6 Å². The SMILES string of the molecule is O=C(COC(=O)c1cc(O)c2ccccc2c1O)NCCc1ccc(F)cc1. The molecule has 7 heteroatoms. The summed E-state index contributed by atoms with van der Waals surface area (Å²) < 4.78 is 17.8. The standard InChI is InChI=1S/C21H18FNO5/c22-14-7-5-13(6-8-14)9-10-23-19(25)12-28-21(27)17-11-18(24)15-3-1-2-4-16(15)20(17)26/h1-8,11,24,26H,9-10,12H2,(H,23,25). The lowest BCUT2D eigenvalue weighted by Crippen LogP contribution is -2.30. The zero-order valence-corrected chi connectivity index (χ0v) is 14.8. The molecule has 0 spiro atoms. The highest BCUT2D eigenvalue weighted by molar-refractivity contribution is 6.04. The van der Waals surface area contributed by atoms with Crippen molar-refractivity contribution >= 4 is 22.6 Å². The Kier molecular flexibility index (Phi) is 5.74. The molecule has 3 rings (SSSR count). The number of ether oxygens (including phenoxy) is 1. The van der Waals surface area contributed by atoms with Crippen molar-refractivity contribution in [1.82, 2.24) is 5.32 Å². The van der Waals surface area contributed by atoms with E-state index in [2.05, 4.69) is 5.32 Å². The average molecular weight is 383 g/mol. The van der Waals surface area contributed by atoms with Crippen LogP contribution in [-0.2, 0) is 16.0 Å². The molecule has 28 heavy (non-hydrogen) atoms. The number of phenolic OH excluding ortho intramolecular Hbond substituents is 2. The third-order valence-electron chi connectivity index (χ3n) is 4.20. The van der Waals surface area contributed by atoms with Crippen LogP contribution >= 0.6 is 0 Å². The Hall–Kier alpha value is -3.61. The van der Waals surface area contributed by atoms with Gasteiger partial charge in [0.1, 0.15) is 22.9 Å². The molecule has 0 saturated heterocycles. The van der Waals surface area contributed by atoms with Crippen molar-refractivity contribution in [2.75, 3.05) is 13.2 Å². The second kappa shape index (κ2) is 8.39. The molecular formula is C21H18FNO5. The molecule has 0 bridgehead atoms. The molecule has 0 atom stereocenters. The fourth-order valence-corrected chi connectivity index (χ4v) is 2.75. The van der Waals surface area contributed by atoms with E-state index >= 15 is 0 Å². The molecule has 0 fully saturated rings. The van der Waals surface area contributed by atoms with E-state index in [1.807, 2.05) is 0 Å². The number of carbonyl (C=O) groups excluding carboxylic acids is 2. The molecule has 6 nitrogen and oxygen atoms in total. The summed E-state index contributed by atoms with van der Waals surface area (Å²) >= 11 is 0. The molecule has 0 saturated carbocycles. The Bertz CT molecular complexity index is 1020. The average Bonchev–Trinajstić information content (AvgIpc) is 2.70. The summed E-state index contributed by atoms with van der Waals surface area (Å²) in [5, 5.41) is 23.6. The first-order chi connectivity index (χ1) is 13.5. The van der Waals surface area contributed by atoms with Gasteiger partial charge in [-0.25, -0.2) is 9.18 Å². The maximum absolute atomic E-state index is 12.8. The molecule has 0 radical (unpaired) electrons. The monoisotopic (exact) mass is 383 g/mol. The number of rotatable bonds is 6. The number of amides is 1. The first-order valence-corrected chi connectivity index (χ1v) is 8.57. The number of nitrogens with one attached hydrogen (secondary N) is 1. The quantitative estimate of drug-likeness (QED) is 0.449. The second-order valence-corrected chi connectivity index (χ2v) is 6.14. The maximum Gasteiger partial charge on any atom is 0.342 e. The van der Waals surface area contributed by atoms with Crippen LogP contribution in [0.4, 0.5) is 4.39 Å². The molecule has 1 amide bonds. The summed E-state index contributed by atoms with van der Waals surface area (Å²) in [6.07, 6.45) is 0.499. The summed E-state index contributed by atoms with van der Waals surface area (Å²) in [6, 6.07) is 13.5. The Morgan fingerprint density at radius 2 is 1.68 bits per heavy atom. The van der Waals surface area contributed by atoms with Crippen LogP contribution in [0, 0.1) is 5.82 Å². The Morgan fingerprint density at radius 1 is 1.00 bits per heavy atom. The number of benzene rings is 3. The molecular weight excluding hydrogens is 365 g/mol. The second-order valence-electron chi connectivity index (χ2n) is 6.14. The summed E-state index contributed by atoms with van der Waals surface area (Å²) in [7, 11) is 0. The summed E-state index contributed by atoms with van der Waals surface area (Å²) in [4.78, 5) is 24.0. The van der Waals surface area contributed by atoms with Gasteiger partial charge < -0.3 is 20.3 Å². The zero-order chi connectivity index (χ0) is 20.1. The summed E-state index contributed by atoms with van der Waals surface area (Å²) in [6.45, 7) is -0.237. The van der Waals surface area contributed by atoms with Crippen LogP contribution in [0.3, 0.4) is 0 Å². The first kappa shape index (κ1) is 19.2. The topological polar surface area (TPSA) is 95.9 Å². The smallest absolute Gasteiger partial charge is 0.342 e. The maximum atomic E-state index is 12.8. The lowest BCUT2D eigenvalue weighted by atomic mass is 10.0. The molecule has 0 aliphatic heterocycles. The number of fused-ring (bicyclic) bond motifs is 1. The minimum atomic E-state index is -0.924. The van der Waals surface area contributed by atoms with E-state index in [1.165, 1.54) is 12.1 Å². The number of phenols is 2. The van der Waals surface area contributed by atoms with E-state index in [0.29, 0.717) is 23.7 Å². The highest BCUT2D eigenvalue weighted by atomic mass is 19.1. The number of carbonyl (C=O) groups is 2. The van der Waals surface area contributed by atoms with E-state index in [4.69, 9.17) is 4.74 Å².